The summed E-state index contributed by atoms with van der Waals surface area (Å²) in [5.41, 5.74) is 1.23. The minimum Gasteiger partial charge on any atom is -0.491 e. The second-order valence-corrected chi connectivity index (χ2v) is 8.40. The Balaban J connectivity index is 1.55. The average molecular weight is 413 g/mol. The molecule has 1 aromatic carbocycles. The molecule has 0 spiro atoms. The van der Waals surface area contributed by atoms with E-state index in [2.05, 4.69) is 67.5 Å². The van der Waals surface area contributed by atoms with Crippen molar-refractivity contribution in [2.75, 3.05) is 19.7 Å². The summed E-state index contributed by atoms with van der Waals surface area (Å²) in [6.07, 6.45) is 1.96. The summed E-state index contributed by atoms with van der Waals surface area (Å²) in [6.45, 7) is 13.5. The van der Waals surface area contributed by atoms with Crippen molar-refractivity contribution in [2.45, 2.75) is 71.9 Å². The summed E-state index contributed by atoms with van der Waals surface area (Å²) in [4.78, 5) is 9.38. The number of aliphatic imine (C=N–C) groups is 1. The van der Waals surface area contributed by atoms with Crippen LogP contribution < -0.4 is 15.4 Å². The third kappa shape index (κ3) is 5.74. The zero-order chi connectivity index (χ0) is 21.5. The number of nitrogens with one attached hydrogen (secondary N) is 2. The first kappa shape index (κ1) is 22.1. The van der Waals surface area contributed by atoms with Gasteiger partial charge in [0.25, 0.3) is 0 Å². The number of nitrogens with zero attached hydrogens (tertiary/aromatic N) is 4. The Labute approximate surface area is 180 Å². The van der Waals surface area contributed by atoms with Crippen LogP contribution in [-0.4, -0.2) is 46.5 Å². The maximum Gasteiger partial charge on any atom is 0.191 e. The van der Waals surface area contributed by atoms with Crippen LogP contribution >= 0.6 is 0 Å². The van der Waals surface area contributed by atoms with Gasteiger partial charge in [0, 0.05) is 24.9 Å². The molecule has 0 aliphatic carbocycles. The van der Waals surface area contributed by atoms with E-state index in [4.69, 9.17) is 9.73 Å². The molecule has 0 bridgehead atoms. The lowest BCUT2D eigenvalue weighted by atomic mass is 10.0. The van der Waals surface area contributed by atoms with E-state index in [1.54, 1.807) is 0 Å². The average Bonchev–Trinajstić information content (AvgIpc) is 3.15. The van der Waals surface area contributed by atoms with Crippen LogP contribution in [0.15, 0.2) is 29.3 Å². The lowest BCUT2D eigenvalue weighted by molar-refractivity contribution is 0.323. The van der Waals surface area contributed by atoms with E-state index in [-0.39, 0.29) is 0 Å². The van der Waals surface area contributed by atoms with Gasteiger partial charge in [0.15, 0.2) is 11.8 Å². The number of guanidine groups is 1. The van der Waals surface area contributed by atoms with Gasteiger partial charge in [0.1, 0.15) is 18.2 Å². The van der Waals surface area contributed by atoms with E-state index in [1.807, 2.05) is 16.8 Å². The summed E-state index contributed by atoms with van der Waals surface area (Å²) in [6, 6.07) is 8.52. The maximum atomic E-state index is 6.00. The molecule has 0 saturated heterocycles. The fourth-order valence-corrected chi connectivity index (χ4v) is 3.61. The highest BCUT2D eigenvalue weighted by atomic mass is 16.5. The van der Waals surface area contributed by atoms with Crippen LogP contribution in [0, 0.1) is 0 Å². The molecule has 0 fully saturated rings. The van der Waals surface area contributed by atoms with Crippen molar-refractivity contribution < 1.29 is 4.74 Å². The van der Waals surface area contributed by atoms with Crippen molar-refractivity contribution in [3.8, 4) is 5.75 Å². The largest absolute Gasteiger partial charge is 0.491 e. The molecule has 7 nitrogen and oxygen atoms in total. The second-order valence-electron chi connectivity index (χ2n) is 8.40. The molecule has 1 aliphatic rings. The van der Waals surface area contributed by atoms with Crippen molar-refractivity contribution in [1.29, 1.82) is 0 Å². The second kappa shape index (κ2) is 10.5. The van der Waals surface area contributed by atoms with Gasteiger partial charge < -0.3 is 15.4 Å². The maximum absolute atomic E-state index is 6.00. The van der Waals surface area contributed by atoms with Gasteiger partial charge in [-0.15, -0.1) is 0 Å². The number of benzene rings is 1. The van der Waals surface area contributed by atoms with Gasteiger partial charge in [-0.05, 0) is 30.9 Å². The van der Waals surface area contributed by atoms with Crippen molar-refractivity contribution in [1.82, 2.24) is 25.4 Å². The van der Waals surface area contributed by atoms with Gasteiger partial charge in [-0.1, -0.05) is 45.9 Å². The smallest absolute Gasteiger partial charge is 0.191 e. The minimum absolute atomic E-state index is 0.291. The molecule has 0 saturated carbocycles. The molecule has 1 aliphatic heterocycles. The van der Waals surface area contributed by atoms with Crippen LogP contribution in [0.4, 0.5) is 0 Å². The molecule has 2 aromatic rings. The molecule has 0 radical (unpaired) electrons. The first-order valence-electron chi connectivity index (χ1n) is 11.2. The first-order chi connectivity index (χ1) is 14.5. The summed E-state index contributed by atoms with van der Waals surface area (Å²) < 4.78 is 8.05. The van der Waals surface area contributed by atoms with Gasteiger partial charge in [-0.2, -0.15) is 5.10 Å². The highest BCUT2D eigenvalue weighted by molar-refractivity contribution is 5.80. The number of ether oxygens (including phenoxy) is 1. The van der Waals surface area contributed by atoms with Gasteiger partial charge in [-0.3, -0.25) is 0 Å². The summed E-state index contributed by atoms with van der Waals surface area (Å²) in [5, 5.41) is 11.6. The number of para-hydroxylation sites is 1. The molecular formula is C23H36N6O. The topological polar surface area (TPSA) is 76.4 Å². The number of aromatic nitrogens is 3. The predicted octanol–water partition coefficient (Wildman–Crippen LogP) is 3.47. The SMILES string of the molecule is CCNC(=NCCOc1ccccc1C(C)C)NC1CCc2nc(C(C)C)nn2C1. The molecule has 30 heavy (non-hydrogen) atoms. The van der Waals surface area contributed by atoms with Crippen molar-refractivity contribution in [3.05, 3.63) is 41.5 Å². The molecule has 0 amide bonds. The lowest BCUT2D eigenvalue weighted by Gasteiger charge is -2.25. The molecule has 1 aromatic heterocycles. The van der Waals surface area contributed by atoms with Crippen LogP contribution in [0.1, 0.15) is 70.1 Å². The highest BCUT2D eigenvalue weighted by Gasteiger charge is 2.23. The van der Waals surface area contributed by atoms with E-state index in [0.29, 0.717) is 31.0 Å². The van der Waals surface area contributed by atoms with E-state index >= 15 is 0 Å². The van der Waals surface area contributed by atoms with Crippen LogP contribution in [0.25, 0.3) is 0 Å². The molecule has 1 atom stereocenters. The third-order valence-corrected chi connectivity index (χ3v) is 5.24. The Morgan fingerprint density at radius 2 is 2.03 bits per heavy atom. The summed E-state index contributed by atoms with van der Waals surface area (Å²) in [7, 11) is 0. The molecule has 7 heteroatoms. The molecule has 1 unspecified atom stereocenters. The Morgan fingerprint density at radius 3 is 2.77 bits per heavy atom. The number of aryl methyl sites for hydroxylation is 1. The van der Waals surface area contributed by atoms with Crippen LogP contribution in [0.5, 0.6) is 5.75 Å². The summed E-state index contributed by atoms with van der Waals surface area (Å²) in [5.74, 6) is 4.60. The normalized spacial score (nSPS) is 16.6. The third-order valence-electron chi connectivity index (χ3n) is 5.24. The monoisotopic (exact) mass is 412 g/mol. The Morgan fingerprint density at radius 1 is 1.23 bits per heavy atom. The standard InChI is InChI=1S/C23H36N6O/c1-6-24-23(25-13-14-30-20-10-8-7-9-19(20)16(2)3)26-18-11-12-21-27-22(17(4)5)28-29(21)15-18/h7-10,16-18H,6,11-15H2,1-5H3,(H2,24,25,26). The molecule has 3 rings (SSSR count). The Hall–Kier alpha value is -2.57. The number of rotatable bonds is 8. The zero-order valence-corrected chi connectivity index (χ0v) is 19.0. The quantitative estimate of drug-likeness (QED) is 0.394. The minimum atomic E-state index is 0.291. The Kier molecular flexibility index (Phi) is 7.71. The highest BCUT2D eigenvalue weighted by Crippen LogP contribution is 2.25. The molecule has 2 N–H and O–H groups in total. The predicted molar refractivity (Wildman–Crippen MR) is 121 cm³/mol. The van der Waals surface area contributed by atoms with E-state index in [1.165, 1.54) is 5.56 Å². The number of fused-ring (bicyclic) bond motifs is 1. The molecular weight excluding hydrogens is 376 g/mol. The van der Waals surface area contributed by atoms with Crippen molar-refractivity contribution in [2.24, 2.45) is 4.99 Å². The molecule has 2 heterocycles. The van der Waals surface area contributed by atoms with E-state index in [0.717, 1.165) is 49.3 Å². The summed E-state index contributed by atoms with van der Waals surface area (Å²) >= 11 is 0. The lowest BCUT2D eigenvalue weighted by Crippen LogP contribution is -2.47. The van der Waals surface area contributed by atoms with Crippen LogP contribution in [-0.2, 0) is 13.0 Å². The van der Waals surface area contributed by atoms with Gasteiger partial charge >= 0.3 is 0 Å². The van der Waals surface area contributed by atoms with Crippen molar-refractivity contribution >= 4 is 5.96 Å². The van der Waals surface area contributed by atoms with Crippen LogP contribution in [0.2, 0.25) is 0 Å². The Bertz CT molecular complexity index is 842. The molecule has 164 valence electrons. The van der Waals surface area contributed by atoms with Gasteiger partial charge in [-0.25, -0.2) is 14.7 Å². The van der Waals surface area contributed by atoms with E-state index in [9.17, 15) is 0 Å². The van der Waals surface area contributed by atoms with Gasteiger partial charge in [0.2, 0.25) is 0 Å². The fourth-order valence-electron chi connectivity index (χ4n) is 3.61. The fraction of sp³-hybridized carbons (Fsp3) is 0.609. The van der Waals surface area contributed by atoms with E-state index < -0.39 is 0 Å². The van der Waals surface area contributed by atoms with Crippen molar-refractivity contribution in [3.63, 3.8) is 0 Å². The first-order valence-corrected chi connectivity index (χ1v) is 11.2. The van der Waals surface area contributed by atoms with Crippen LogP contribution in [0.3, 0.4) is 0 Å². The van der Waals surface area contributed by atoms with Gasteiger partial charge in [0.05, 0.1) is 13.1 Å². The number of hydrogen-bond acceptors (Lipinski definition) is 4. The zero-order valence-electron chi connectivity index (χ0n) is 19.0. The number of hydrogen-bond donors (Lipinski definition) is 2.